The van der Waals surface area contributed by atoms with Crippen LogP contribution in [0.3, 0.4) is 0 Å². The number of β-amino-alcohol motifs (C(OH)–C–C–N with tert-alkyl or cyclic N) is 1. The first-order chi connectivity index (χ1) is 22.2. The molecule has 0 saturated carbocycles. The zero-order valence-electron chi connectivity index (χ0n) is 25.5. The second kappa shape index (κ2) is 13.0. The molecule has 0 unspecified atom stereocenters. The van der Waals surface area contributed by atoms with Crippen LogP contribution in [0.4, 0.5) is 5.69 Å². The van der Waals surface area contributed by atoms with E-state index in [0.717, 1.165) is 0 Å². The minimum atomic E-state index is -1.49. The van der Waals surface area contributed by atoms with Crippen molar-refractivity contribution in [1.82, 2.24) is 10.2 Å². The van der Waals surface area contributed by atoms with Crippen molar-refractivity contribution in [3.63, 3.8) is 0 Å². The van der Waals surface area contributed by atoms with Gasteiger partial charge in [0.05, 0.1) is 25.7 Å². The molecule has 4 heterocycles. The molecule has 2 aromatic rings. The highest BCUT2D eigenvalue weighted by atomic mass is 79.9. The number of carbonyl (C=O) groups excluding carboxylic acids is 4. The Kier molecular flexibility index (Phi) is 9.04. The zero-order chi connectivity index (χ0) is 32.6. The molecule has 7 atom stereocenters. The number of aliphatic hydroxyl groups is 1. The number of esters is 1. The van der Waals surface area contributed by atoms with E-state index >= 15 is 0 Å². The number of cyclic esters (lactones) is 1. The number of methoxy groups -OCH3 is 1. The van der Waals surface area contributed by atoms with Crippen LogP contribution >= 0.6 is 15.9 Å². The SMILES string of the molecule is COc1ccc(N2C/C=C\CCC(=O)N[C@@H](C)[C@H](c3ccccc3)OC(=O)[C@H]3[C@@H]4O[C@@]5(C=C4Br)[C@@H]3C(=O)N(CCO)[C@@H]5C2=O)cc1. The lowest BCUT2D eigenvalue weighted by atomic mass is 9.74. The van der Waals surface area contributed by atoms with Gasteiger partial charge in [-0.25, -0.2) is 0 Å². The lowest BCUT2D eigenvalue weighted by Gasteiger charge is -2.35. The minimum Gasteiger partial charge on any atom is -0.497 e. The summed E-state index contributed by atoms with van der Waals surface area (Å²) in [4.78, 5) is 58.9. The first kappa shape index (κ1) is 32.0. The lowest BCUT2D eigenvalue weighted by molar-refractivity contribution is -0.161. The molecule has 2 N–H and O–H groups in total. The summed E-state index contributed by atoms with van der Waals surface area (Å²) in [7, 11) is 1.55. The van der Waals surface area contributed by atoms with Gasteiger partial charge in [-0.05, 0) is 49.2 Å². The molecular formula is C34H36BrN3O8. The van der Waals surface area contributed by atoms with E-state index in [4.69, 9.17) is 14.2 Å². The fourth-order valence-electron chi connectivity index (χ4n) is 7.07. The van der Waals surface area contributed by atoms with E-state index in [9.17, 15) is 24.3 Å². The van der Waals surface area contributed by atoms with Crippen LogP contribution < -0.4 is 15.0 Å². The van der Waals surface area contributed by atoms with Crippen molar-refractivity contribution >= 4 is 45.3 Å². The van der Waals surface area contributed by atoms with Crippen LogP contribution in [0.25, 0.3) is 0 Å². The normalized spacial score (nSPS) is 32.1. The molecule has 4 aliphatic heterocycles. The number of nitrogens with zero attached hydrogens (tertiary/aromatic N) is 2. The average molecular weight is 695 g/mol. The first-order valence-corrected chi connectivity index (χ1v) is 16.1. The molecule has 6 rings (SSSR count). The van der Waals surface area contributed by atoms with Gasteiger partial charge in [-0.15, -0.1) is 0 Å². The number of amides is 3. The van der Waals surface area contributed by atoms with Gasteiger partial charge >= 0.3 is 5.97 Å². The second-order valence-electron chi connectivity index (χ2n) is 11.9. The van der Waals surface area contributed by atoms with Gasteiger partial charge in [0.1, 0.15) is 35.5 Å². The van der Waals surface area contributed by atoms with Gasteiger partial charge in [0.25, 0.3) is 5.91 Å². The maximum absolute atomic E-state index is 14.7. The molecule has 2 fully saturated rings. The summed E-state index contributed by atoms with van der Waals surface area (Å²) in [6.07, 6.45) is 4.24. The highest BCUT2D eigenvalue weighted by Gasteiger charge is 2.75. The van der Waals surface area contributed by atoms with Crippen LogP contribution in [-0.2, 0) is 28.7 Å². The number of rotatable bonds is 5. The standard InChI is InChI=1S/C34H36BrN3O8/c1-20-28(21-9-5-3-6-10-21)45-33(43)26-27-31(41)38(17-18-39)30(34(27)19-24(35)29(26)46-34)32(42)37(16-8-4-7-11-25(40)36-20)22-12-14-23(44-2)15-13-22/h3-6,8-10,12-15,19-20,26-30,39H,7,11,16-18H2,1-2H3,(H,36,40)/b8-4-/t20-,26+,27-,28+,29+,30+,34-/m0/s1. The van der Waals surface area contributed by atoms with Gasteiger partial charge in [0.15, 0.2) is 0 Å². The molecule has 2 saturated heterocycles. The summed E-state index contributed by atoms with van der Waals surface area (Å²) >= 11 is 3.55. The summed E-state index contributed by atoms with van der Waals surface area (Å²) in [5.74, 6) is -3.36. The third-order valence-electron chi connectivity index (χ3n) is 9.13. The fraction of sp³-hybridized carbons (Fsp3) is 0.412. The fourth-order valence-corrected chi connectivity index (χ4v) is 7.80. The largest absolute Gasteiger partial charge is 0.497 e. The number of hydrogen-bond acceptors (Lipinski definition) is 8. The summed E-state index contributed by atoms with van der Waals surface area (Å²) < 4.78 is 18.5. The number of ether oxygens (including phenoxy) is 3. The predicted octanol–water partition coefficient (Wildman–Crippen LogP) is 3.03. The number of carbonyl (C=O) groups is 4. The van der Waals surface area contributed by atoms with Crippen LogP contribution in [0.1, 0.15) is 31.4 Å². The van der Waals surface area contributed by atoms with E-state index in [1.165, 1.54) is 9.80 Å². The highest BCUT2D eigenvalue weighted by Crippen LogP contribution is 2.59. The maximum atomic E-state index is 14.7. The minimum absolute atomic E-state index is 0.128. The molecule has 0 radical (unpaired) electrons. The monoisotopic (exact) mass is 693 g/mol. The van der Waals surface area contributed by atoms with E-state index < -0.39 is 66.1 Å². The van der Waals surface area contributed by atoms with Gasteiger partial charge in [-0.1, -0.05) is 58.4 Å². The summed E-state index contributed by atoms with van der Waals surface area (Å²) in [6.45, 7) is 1.39. The van der Waals surface area contributed by atoms with Crippen molar-refractivity contribution < 1.29 is 38.5 Å². The Hall–Kier alpha value is -4.00. The van der Waals surface area contributed by atoms with E-state index in [1.54, 1.807) is 50.5 Å². The predicted molar refractivity (Wildman–Crippen MR) is 171 cm³/mol. The summed E-state index contributed by atoms with van der Waals surface area (Å²) in [6, 6.07) is 14.3. The second-order valence-corrected chi connectivity index (χ2v) is 12.8. The van der Waals surface area contributed by atoms with Crippen molar-refractivity contribution in [2.75, 3.05) is 31.7 Å². The summed E-state index contributed by atoms with van der Waals surface area (Å²) in [5.41, 5.74) is -0.257. The Bertz CT molecular complexity index is 1560. The maximum Gasteiger partial charge on any atom is 0.313 e. The van der Waals surface area contributed by atoms with Gasteiger partial charge in [0.2, 0.25) is 11.8 Å². The molecule has 3 amide bonds. The number of likely N-dealkylation sites (tertiary alicyclic amines) is 1. The molecule has 11 nitrogen and oxygen atoms in total. The van der Waals surface area contributed by atoms with Crippen LogP contribution in [0.2, 0.25) is 0 Å². The van der Waals surface area contributed by atoms with Crippen molar-refractivity contribution in [1.29, 1.82) is 0 Å². The van der Waals surface area contributed by atoms with Gasteiger partial charge in [-0.2, -0.15) is 0 Å². The Morgan fingerprint density at radius 1 is 1.02 bits per heavy atom. The first-order valence-electron chi connectivity index (χ1n) is 15.3. The van der Waals surface area contributed by atoms with Crippen molar-refractivity contribution in [3.8, 4) is 5.75 Å². The number of aliphatic hydroxyl groups excluding tert-OH is 1. The van der Waals surface area contributed by atoms with Crippen molar-refractivity contribution in [2.45, 2.75) is 49.7 Å². The van der Waals surface area contributed by atoms with Crippen LogP contribution in [-0.4, -0.2) is 84.3 Å². The molecule has 242 valence electrons. The van der Waals surface area contributed by atoms with Gasteiger partial charge in [0, 0.05) is 29.7 Å². The lowest BCUT2D eigenvalue weighted by Crippen LogP contribution is -2.56. The Morgan fingerprint density at radius 3 is 2.46 bits per heavy atom. The highest BCUT2D eigenvalue weighted by molar-refractivity contribution is 9.11. The van der Waals surface area contributed by atoms with Crippen LogP contribution in [0.5, 0.6) is 5.75 Å². The molecule has 0 aromatic heterocycles. The molecule has 12 heteroatoms. The quantitative estimate of drug-likeness (QED) is 0.361. The molecule has 4 aliphatic rings. The van der Waals surface area contributed by atoms with E-state index in [0.29, 0.717) is 27.9 Å². The Balaban J connectivity index is 1.45. The number of anilines is 1. The third kappa shape index (κ3) is 5.52. The average Bonchev–Trinajstić information content (AvgIpc) is 3.64. The molecule has 46 heavy (non-hydrogen) atoms. The number of halogens is 1. The Labute approximate surface area is 275 Å². The van der Waals surface area contributed by atoms with Crippen LogP contribution in [0.15, 0.2) is 77.3 Å². The number of hydrogen-bond donors (Lipinski definition) is 2. The number of fused-ring (bicyclic) bond motifs is 2. The van der Waals surface area contributed by atoms with Crippen molar-refractivity contribution in [2.24, 2.45) is 11.8 Å². The van der Waals surface area contributed by atoms with Gasteiger partial charge in [-0.3, -0.25) is 19.2 Å². The molecule has 2 aromatic carbocycles. The van der Waals surface area contributed by atoms with Crippen LogP contribution in [0, 0.1) is 11.8 Å². The molecule has 1 spiro atoms. The Morgan fingerprint density at radius 2 is 1.76 bits per heavy atom. The number of benzene rings is 2. The molecular weight excluding hydrogens is 658 g/mol. The topological polar surface area (TPSA) is 135 Å². The van der Waals surface area contributed by atoms with E-state index in [1.807, 2.05) is 36.4 Å². The summed E-state index contributed by atoms with van der Waals surface area (Å²) in [5, 5.41) is 13.0. The van der Waals surface area contributed by atoms with Crippen molar-refractivity contribution in [3.05, 3.63) is 82.9 Å². The molecule has 5 bridgehead atoms. The number of allylic oxidation sites excluding steroid dienone is 1. The number of nitrogens with one attached hydrogen (secondary N) is 1. The smallest absolute Gasteiger partial charge is 0.313 e. The zero-order valence-corrected chi connectivity index (χ0v) is 27.1. The molecule has 0 aliphatic carbocycles. The van der Waals surface area contributed by atoms with E-state index in [-0.39, 0.29) is 25.4 Å². The van der Waals surface area contributed by atoms with E-state index in [2.05, 4.69) is 21.2 Å². The third-order valence-corrected chi connectivity index (χ3v) is 9.81. The van der Waals surface area contributed by atoms with Gasteiger partial charge < -0.3 is 34.4 Å².